The molecule has 0 saturated heterocycles. The molecule has 0 spiro atoms. The molecule has 0 saturated carbocycles. The van der Waals surface area contributed by atoms with Crippen molar-refractivity contribution in [1.82, 2.24) is 14.4 Å². The van der Waals surface area contributed by atoms with Gasteiger partial charge in [0, 0.05) is 24.0 Å². The second-order valence-electron chi connectivity index (χ2n) is 5.17. The van der Waals surface area contributed by atoms with E-state index in [9.17, 15) is 0 Å². The van der Waals surface area contributed by atoms with Crippen LogP contribution in [-0.4, -0.2) is 28.6 Å². The van der Waals surface area contributed by atoms with Crippen LogP contribution in [0, 0.1) is 0 Å². The zero-order valence-electron chi connectivity index (χ0n) is 12.9. The lowest BCUT2D eigenvalue weighted by molar-refractivity contribution is 0.394. The van der Waals surface area contributed by atoms with Crippen LogP contribution in [0.4, 0.5) is 0 Å². The molecule has 114 valence electrons. The molecule has 0 aliphatic rings. The summed E-state index contributed by atoms with van der Waals surface area (Å²) in [6.45, 7) is 0. The second kappa shape index (κ2) is 5.28. The largest absolute Gasteiger partial charge is 0.497 e. The van der Waals surface area contributed by atoms with Gasteiger partial charge in [-0.25, -0.2) is 9.97 Å². The van der Waals surface area contributed by atoms with Crippen LogP contribution < -0.4 is 9.47 Å². The van der Waals surface area contributed by atoms with E-state index < -0.39 is 0 Å². The predicted molar refractivity (Wildman–Crippen MR) is 89.0 cm³/mol. The molecule has 23 heavy (non-hydrogen) atoms. The van der Waals surface area contributed by atoms with E-state index in [-0.39, 0.29) is 0 Å². The molecule has 2 aromatic heterocycles. The standard InChI is InChI=1S/C18H15N3O2/c1-22-13-9-12(10-14(11-13)23-2)17-18-19-7-8-21(18)16-6-4-3-5-15(16)20-17/h3-11H,1-2H3. The Hall–Kier alpha value is -3.08. The first-order valence-electron chi connectivity index (χ1n) is 7.25. The molecular weight excluding hydrogens is 290 g/mol. The van der Waals surface area contributed by atoms with Gasteiger partial charge in [0.1, 0.15) is 17.2 Å². The fraction of sp³-hybridized carbons (Fsp3) is 0.111. The van der Waals surface area contributed by atoms with Crippen molar-refractivity contribution in [3.05, 3.63) is 54.9 Å². The van der Waals surface area contributed by atoms with Gasteiger partial charge in [-0.15, -0.1) is 0 Å². The van der Waals surface area contributed by atoms with Crippen LogP contribution in [-0.2, 0) is 0 Å². The normalized spacial score (nSPS) is 11.0. The summed E-state index contributed by atoms with van der Waals surface area (Å²) in [5.41, 5.74) is 4.45. The summed E-state index contributed by atoms with van der Waals surface area (Å²) >= 11 is 0. The number of imidazole rings is 1. The molecule has 0 atom stereocenters. The maximum absolute atomic E-state index is 5.36. The van der Waals surface area contributed by atoms with E-state index in [1.54, 1.807) is 20.4 Å². The van der Waals surface area contributed by atoms with E-state index in [1.807, 2.05) is 53.1 Å². The molecule has 0 unspecified atom stereocenters. The summed E-state index contributed by atoms with van der Waals surface area (Å²) in [5, 5.41) is 0. The molecule has 0 radical (unpaired) electrons. The molecule has 0 aliphatic carbocycles. The molecule has 0 fully saturated rings. The number of nitrogens with zero attached hydrogens (tertiary/aromatic N) is 3. The summed E-state index contributed by atoms with van der Waals surface area (Å²) in [5.74, 6) is 1.44. The molecule has 0 amide bonds. The molecule has 0 bridgehead atoms. The second-order valence-corrected chi connectivity index (χ2v) is 5.17. The summed E-state index contributed by atoms with van der Waals surface area (Å²) in [4.78, 5) is 9.28. The van der Waals surface area contributed by atoms with Gasteiger partial charge in [0.15, 0.2) is 5.65 Å². The average Bonchev–Trinajstić information content (AvgIpc) is 3.10. The van der Waals surface area contributed by atoms with Gasteiger partial charge in [0.05, 0.1) is 25.3 Å². The van der Waals surface area contributed by atoms with E-state index >= 15 is 0 Å². The van der Waals surface area contributed by atoms with Crippen LogP contribution in [0.3, 0.4) is 0 Å². The maximum Gasteiger partial charge on any atom is 0.163 e. The molecule has 4 aromatic rings. The minimum atomic E-state index is 0.721. The van der Waals surface area contributed by atoms with Crippen molar-refractivity contribution < 1.29 is 9.47 Å². The maximum atomic E-state index is 5.36. The van der Waals surface area contributed by atoms with Crippen molar-refractivity contribution in [2.75, 3.05) is 14.2 Å². The number of rotatable bonds is 3. The highest BCUT2D eigenvalue weighted by molar-refractivity contribution is 5.86. The van der Waals surface area contributed by atoms with Crippen LogP contribution in [0.25, 0.3) is 27.9 Å². The van der Waals surface area contributed by atoms with Gasteiger partial charge < -0.3 is 9.47 Å². The number of methoxy groups -OCH3 is 2. The quantitative estimate of drug-likeness (QED) is 0.580. The zero-order chi connectivity index (χ0) is 15.8. The number of aromatic nitrogens is 3. The van der Waals surface area contributed by atoms with E-state index in [1.165, 1.54) is 0 Å². The van der Waals surface area contributed by atoms with Crippen LogP contribution in [0.15, 0.2) is 54.9 Å². The Balaban J connectivity index is 2.06. The van der Waals surface area contributed by atoms with Crippen molar-refractivity contribution in [1.29, 1.82) is 0 Å². The van der Waals surface area contributed by atoms with E-state index in [0.29, 0.717) is 0 Å². The highest BCUT2D eigenvalue weighted by Gasteiger charge is 2.13. The molecule has 2 aromatic carbocycles. The first-order chi connectivity index (χ1) is 11.3. The van der Waals surface area contributed by atoms with E-state index in [4.69, 9.17) is 14.5 Å². The first kappa shape index (κ1) is 13.6. The number of benzene rings is 2. The Bertz CT molecular complexity index is 985. The lowest BCUT2D eigenvalue weighted by Gasteiger charge is -2.10. The fourth-order valence-electron chi connectivity index (χ4n) is 2.74. The smallest absolute Gasteiger partial charge is 0.163 e. The lowest BCUT2D eigenvalue weighted by Crippen LogP contribution is -1.96. The van der Waals surface area contributed by atoms with Crippen LogP contribution in [0.2, 0.25) is 0 Å². The first-order valence-corrected chi connectivity index (χ1v) is 7.25. The summed E-state index contributed by atoms with van der Waals surface area (Å²) in [6.07, 6.45) is 3.73. The molecular formula is C18H15N3O2. The van der Waals surface area contributed by atoms with Crippen molar-refractivity contribution in [3.8, 4) is 22.8 Å². The van der Waals surface area contributed by atoms with Crippen LogP contribution in [0.1, 0.15) is 0 Å². The molecule has 0 N–H and O–H groups in total. The Morgan fingerprint density at radius 1 is 0.957 bits per heavy atom. The Kier molecular flexibility index (Phi) is 3.12. The van der Waals surface area contributed by atoms with Crippen molar-refractivity contribution in [2.24, 2.45) is 0 Å². The number of para-hydroxylation sites is 2. The van der Waals surface area contributed by atoms with Gasteiger partial charge in [0.25, 0.3) is 0 Å². The van der Waals surface area contributed by atoms with E-state index in [0.717, 1.165) is 39.4 Å². The third-order valence-electron chi connectivity index (χ3n) is 3.85. The van der Waals surface area contributed by atoms with Gasteiger partial charge in [-0.3, -0.25) is 4.40 Å². The zero-order valence-corrected chi connectivity index (χ0v) is 12.9. The summed E-state index contributed by atoms with van der Waals surface area (Å²) in [6, 6.07) is 13.7. The Labute approximate surface area is 133 Å². The highest BCUT2D eigenvalue weighted by Crippen LogP contribution is 2.32. The Morgan fingerprint density at radius 2 is 1.70 bits per heavy atom. The predicted octanol–water partition coefficient (Wildman–Crippen LogP) is 3.57. The minimum absolute atomic E-state index is 0.721. The fourth-order valence-corrected chi connectivity index (χ4v) is 2.74. The van der Waals surface area contributed by atoms with Gasteiger partial charge in [-0.2, -0.15) is 0 Å². The monoisotopic (exact) mass is 305 g/mol. The minimum Gasteiger partial charge on any atom is -0.497 e. The molecule has 2 heterocycles. The lowest BCUT2D eigenvalue weighted by atomic mass is 10.1. The van der Waals surface area contributed by atoms with Gasteiger partial charge in [0.2, 0.25) is 0 Å². The summed E-state index contributed by atoms with van der Waals surface area (Å²) in [7, 11) is 3.27. The number of ether oxygens (including phenoxy) is 2. The SMILES string of the molecule is COc1cc(OC)cc(-c2nc3ccccc3n3ccnc23)c1. The number of hydrogen-bond acceptors (Lipinski definition) is 4. The molecule has 0 aliphatic heterocycles. The molecule has 5 heteroatoms. The van der Waals surface area contributed by atoms with E-state index in [2.05, 4.69) is 4.98 Å². The topological polar surface area (TPSA) is 48.7 Å². The molecule has 5 nitrogen and oxygen atoms in total. The van der Waals surface area contributed by atoms with Crippen molar-refractivity contribution in [3.63, 3.8) is 0 Å². The molecule has 4 rings (SSSR count). The van der Waals surface area contributed by atoms with Crippen molar-refractivity contribution >= 4 is 16.7 Å². The van der Waals surface area contributed by atoms with Crippen LogP contribution in [0.5, 0.6) is 11.5 Å². The van der Waals surface area contributed by atoms with Crippen molar-refractivity contribution in [2.45, 2.75) is 0 Å². The number of fused-ring (bicyclic) bond motifs is 3. The Morgan fingerprint density at radius 3 is 2.43 bits per heavy atom. The third-order valence-corrected chi connectivity index (χ3v) is 3.85. The van der Waals surface area contributed by atoms with Gasteiger partial charge in [-0.1, -0.05) is 12.1 Å². The highest BCUT2D eigenvalue weighted by atomic mass is 16.5. The number of hydrogen-bond donors (Lipinski definition) is 0. The average molecular weight is 305 g/mol. The van der Waals surface area contributed by atoms with Crippen LogP contribution >= 0.6 is 0 Å². The summed E-state index contributed by atoms with van der Waals surface area (Å²) < 4.78 is 12.8. The third kappa shape index (κ3) is 2.17. The van der Waals surface area contributed by atoms with Gasteiger partial charge in [-0.05, 0) is 24.3 Å². The van der Waals surface area contributed by atoms with Gasteiger partial charge >= 0.3 is 0 Å².